The summed E-state index contributed by atoms with van der Waals surface area (Å²) in [5.41, 5.74) is 6.39. The number of carbonyl (C=O) groups excluding carboxylic acids is 2. The smallest absolute Gasteiger partial charge is 0.387 e. The van der Waals surface area contributed by atoms with Crippen LogP contribution < -0.4 is 20.7 Å². The van der Waals surface area contributed by atoms with E-state index in [2.05, 4.69) is 15.0 Å². The lowest BCUT2D eigenvalue weighted by molar-refractivity contribution is -0.126. The van der Waals surface area contributed by atoms with Crippen molar-refractivity contribution in [2.45, 2.75) is 38.8 Å². The molecule has 172 valence electrons. The summed E-state index contributed by atoms with van der Waals surface area (Å²) in [6.45, 7) is 0.947. The van der Waals surface area contributed by atoms with E-state index in [0.717, 1.165) is 19.4 Å². The Morgan fingerprint density at radius 2 is 2.19 bits per heavy atom. The lowest BCUT2D eigenvalue weighted by Crippen LogP contribution is -2.50. The van der Waals surface area contributed by atoms with Gasteiger partial charge in [0.05, 0.1) is 12.3 Å². The second-order valence-corrected chi connectivity index (χ2v) is 7.78. The molecule has 2 amide bonds. The van der Waals surface area contributed by atoms with Crippen LogP contribution in [-0.2, 0) is 14.3 Å². The molecular weight excluding hydrogens is 410 g/mol. The summed E-state index contributed by atoms with van der Waals surface area (Å²) in [6.07, 6.45) is 3.53. The monoisotopic (exact) mass is 440 g/mol. The summed E-state index contributed by atoms with van der Waals surface area (Å²) in [5.74, 6) is -0.255. The Morgan fingerprint density at radius 3 is 2.77 bits per heavy atom. The molecule has 3 N–H and O–H groups in total. The molecule has 2 aliphatic rings. The fourth-order valence-electron chi connectivity index (χ4n) is 3.91. The number of anilines is 2. The number of carbonyl (C=O) groups is 2. The molecule has 2 fully saturated rings. The highest BCUT2D eigenvalue weighted by atomic mass is 19.3. The summed E-state index contributed by atoms with van der Waals surface area (Å²) in [4.78, 5) is 28.4. The van der Waals surface area contributed by atoms with Gasteiger partial charge in [0.25, 0.3) is 5.91 Å². The third kappa shape index (κ3) is 5.90. The average Bonchev–Trinajstić information content (AvgIpc) is 2.70. The molecule has 0 radical (unpaired) electrons. The summed E-state index contributed by atoms with van der Waals surface area (Å²) in [7, 11) is 0. The molecular formula is C21H30F2N4O4. The fourth-order valence-corrected chi connectivity index (χ4v) is 3.91. The molecule has 1 heterocycles. The average molecular weight is 440 g/mol. The van der Waals surface area contributed by atoms with Crippen LogP contribution in [0.2, 0.25) is 0 Å². The van der Waals surface area contributed by atoms with Gasteiger partial charge in [0.2, 0.25) is 5.91 Å². The van der Waals surface area contributed by atoms with Crippen molar-refractivity contribution in [2.75, 3.05) is 49.6 Å². The number of benzene rings is 1. The van der Waals surface area contributed by atoms with Crippen LogP contribution in [0.3, 0.4) is 0 Å². The number of morpholine rings is 1. The number of likely N-dealkylation sites (N-methyl/N-ethyl adjacent to an activating group) is 1. The van der Waals surface area contributed by atoms with Crippen LogP contribution in [0.1, 0.15) is 26.2 Å². The van der Waals surface area contributed by atoms with Gasteiger partial charge in [0.15, 0.2) is 5.75 Å². The molecule has 3 rings (SSSR count). The number of nitrogens with zero attached hydrogens (tertiary/aromatic N) is 2. The van der Waals surface area contributed by atoms with E-state index in [1.807, 2.05) is 6.92 Å². The van der Waals surface area contributed by atoms with Gasteiger partial charge in [0, 0.05) is 31.4 Å². The Labute approximate surface area is 180 Å². The predicted octanol–water partition coefficient (Wildman–Crippen LogP) is 2.04. The summed E-state index contributed by atoms with van der Waals surface area (Å²) >= 11 is 0. The first-order valence-electron chi connectivity index (χ1n) is 10.6. The highest BCUT2D eigenvalue weighted by Gasteiger charge is 2.29. The van der Waals surface area contributed by atoms with Gasteiger partial charge in [-0.15, -0.1) is 0 Å². The first-order chi connectivity index (χ1) is 14.9. The Bertz CT molecular complexity index is 776. The summed E-state index contributed by atoms with van der Waals surface area (Å²) < 4.78 is 35.7. The minimum absolute atomic E-state index is 0.126. The Kier molecular flexibility index (Phi) is 8.16. The zero-order valence-electron chi connectivity index (χ0n) is 17.7. The number of ether oxygens (including phenoxy) is 2. The molecule has 8 nitrogen and oxygen atoms in total. The molecule has 31 heavy (non-hydrogen) atoms. The Morgan fingerprint density at radius 1 is 1.42 bits per heavy atom. The molecule has 0 bridgehead atoms. The number of amides is 2. The zero-order valence-corrected chi connectivity index (χ0v) is 17.7. The van der Waals surface area contributed by atoms with E-state index in [9.17, 15) is 18.4 Å². The Hall–Kier alpha value is -2.30. The van der Waals surface area contributed by atoms with Crippen LogP contribution in [0.5, 0.6) is 5.75 Å². The lowest BCUT2D eigenvalue weighted by Gasteiger charge is -2.35. The maximum absolute atomic E-state index is 13.0. The van der Waals surface area contributed by atoms with Gasteiger partial charge in [-0.3, -0.25) is 14.5 Å². The number of rotatable bonds is 10. The van der Waals surface area contributed by atoms with Crippen molar-refractivity contribution in [3.8, 4) is 5.75 Å². The maximum Gasteiger partial charge on any atom is 0.387 e. The molecule has 1 aliphatic carbocycles. The van der Waals surface area contributed by atoms with E-state index >= 15 is 0 Å². The van der Waals surface area contributed by atoms with E-state index in [4.69, 9.17) is 10.5 Å². The number of nitrogens with two attached hydrogens (primary N) is 1. The number of hydrogen-bond donors (Lipinski definition) is 2. The number of hydrogen-bond acceptors (Lipinski definition) is 6. The van der Waals surface area contributed by atoms with Crippen LogP contribution in [0.4, 0.5) is 20.2 Å². The Balaban J connectivity index is 1.76. The standard InChI is InChI=1S/C21H30F2N4O4/c1-2-26(12-14-4-3-5-14)17(11-24)20(29)25-15-6-7-16(18(10-15)31-21(22)23)27-8-9-30-13-19(27)28/h6-7,10,14,17,21H,2-5,8-9,11-13,24H2,1H3,(H,25,29)/t17-/m0/s1. The molecule has 1 aliphatic heterocycles. The van der Waals surface area contributed by atoms with E-state index in [1.54, 1.807) is 6.07 Å². The van der Waals surface area contributed by atoms with Crippen LogP contribution in [0.25, 0.3) is 0 Å². The molecule has 0 unspecified atom stereocenters. The van der Waals surface area contributed by atoms with Gasteiger partial charge in [0.1, 0.15) is 12.6 Å². The zero-order chi connectivity index (χ0) is 22.4. The van der Waals surface area contributed by atoms with Crippen molar-refractivity contribution in [1.82, 2.24) is 4.90 Å². The molecule has 1 atom stereocenters. The molecule has 0 aromatic heterocycles. The number of halogens is 2. The molecule has 1 aromatic rings. The van der Waals surface area contributed by atoms with Gasteiger partial charge < -0.3 is 25.4 Å². The SMILES string of the molecule is CCN(CC1CCC1)[C@@H](CN)C(=O)Nc1ccc(N2CCOCC2=O)c(OC(F)F)c1. The predicted molar refractivity (Wildman–Crippen MR) is 112 cm³/mol. The van der Waals surface area contributed by atoms with Crippen LogP contribution >= 0.6 is 0 Å². The van der Waals surface area contributed by atoms with Crippen LogP contribution in [0, 0.1) is 5.92 Å². The number of alkyl halides is 2. The van der Waals surface area contributed by atoms with Gasteiger partial charge in [-0.25, -0.2) is 0 Å². The lowest BCUT2D eigenvalue weighted by atomic mass is 9.85. The normalized spacial score (nSPS) is 18.3. The second-order valence-electron chi connectivity index (χ2n) is 7.78. The highest BCUT2D eigenvalue weighted by Crippen LogP contribution is 2.34. The molecule has 0 spiro atoms. The molecule has 1 saturated heterocycles. The fraction of sp³-hybridized carbons (Fsp3) is 0.619. The summed E-state index contributed by atoms with van der Waals surface area (Å²) in [6, 6.07) is 3.83. The third-order valence-electron chi connectivity index (χ3n) is 5.81. The first-order valence-corrected chi connectivity index (χ1v) is 10.6. The highest BCUT2D eigenvalue weighted by molar-refractivity contribution is 5.98. The van der Waals surface area contributed by atoms with Crippen molar-refractivity contribution in [2.24, 2.45) is 11.7 Å². The minimum atomic E-state index is -3.07. The van der Waals surface area contributed by atoms with E-state index in [0.29, 0.717) is 24.8 Å². The van der Waals surface area contributed by atoms with E-state index in [1.165, 1.54) is 23.5 Å². The van der Waals surface area contributed by atoms with Crippen LogP contribution in [-0.4, -0.2) is 68.8 Å². The van der Waals surface area contributed by atoms with Gasteiger partial charge in [-0.1, -0.05) is 13.3 Å². The van der Waals surface area contributed by atoms with Gasteiger partial charge in [-0.05, 0) is 37.4 Å². The van der Waals surface area contributed by atoms with Gasteiger partial charge >= 0.3 is 6.61 Å². The van der Waals surface area contributed by atoms with Gasteiger partial charge in [-0.2, -0.15) is 8.78 Å². The largest absolute Gasteiger partial charge is 0.433 e. The van der Waals surface area contributed by atoms with E-state index < -0.39 is 12.7 Å². The van der Waals surface area contributed by atoms with Crippen molar-refractivity contribution >= 4 is 23.2 Å². The molecule has 1 saturated carbocycles. The van der Waals surface area contributed by atoms with Crippen molar-refractivity contribution in [3.05, 3.63) is 18.2 Å². The quantitative estimate of drug-likeness (QED) is 0.578. The first kappa shape index (κ1) is 23.4. The van der Waals surface area contributed by atoms with Crippen molar-refractivity contribution < 1.29 is 27.8 Å². The topological polar surface area (TPSA) is 97.1 Å². The molecule has 10 heteroatoms. The molecule has 1 aromatic carbocycles. The second kappa shape index (κ2) is 10.8. The van der Waals surface area contributed by atoms with Crippen molar-refractivity contribution in [3.63, 3.8) is 0 Å². The van der Waals surface area contributed by atoms with Crippen LogP contribution in [0.15, 0.2) is 18.2 Å². The van der Waals surface area contributed by atoms with Crippen molar-refractivity contribution in [1.29, 1.82) is 0 Å². The summed E-state index contributed by atoms with van der Waals surface area (Å²) in [5, 5.41) is 2.76. The third-order valence-corrected chi connectivity index (χ3v) is 5.81. The minimum Gasteiger partial charge on any atom is -0.433 e. The maximum atomic E-state index is 13.0. The van der Waals surface area contributed by atoms with E-state index in [-0.39, 0.29) is 42.9 Å². The number of nitrogens with one attached hydrogen (secondary N) is 1.